The Morgan fingerprint density at radius 1 is 1.35 bits per heavy atom. The predicted octanol–water partition coefficient (Wildman–Crippen LogP) is 2.02. The highest BCUT2D eigenvalue weighted by Gasteiger charge is 2.23. The Balaban J connectivity index is 1.75. The van der Waals surface area contributed by atoms with Crippen molar-refractivity contribution in [1.82, 2.24) is 15.5 Å². The van der Waals surface area contributed by atoms with Crippen LogP contribution in [0.5, 0.6) is 5.75 Å². The van der Waals surface area contributed by atoms with Crippen molar-refractivity contribution in [2.24, 2.45) is 10.9 Å². The molecule has 1 atom stereocenters. The van der Waals surface area contributed by atoms with Gasteiger partial charge in [-0.1, -0.05) is 0 Å². The van der Waals surface area contributed by atoms with Gasteiger partial charge in [0, 0.05) is 33.6 Å². The Bertz CT molecular complexity index is 598. The fraction of sp³-hybridized carbons (Fsp3) is 0.579. The van der Waals surface area contributed by atoms with E-state index >= 15 is 0 Å². The molecule has 0 aromatic heterocycles. The van der Waals surface area contributed by atoms with Crippen molar-refractivity contribution < 1.29 is 13.9 Å². The van der Waals surface area contributed by atoms with Crippen molar-refractivity contribution in [2.45, 2.75) is 32.3 Å². The van der Waals surface area contributed by atoms with E-state index in [-0.39, 0.29) is 17.8 Å². The molecule has 1 saturated heterocycles. The molecule has 0 bridgehead atoms. The normalized spacial score (nSPS) is 16.9. The smallest absolute Gasteiger partial charge is 0.220 e. The zero-order valence-electron chi connectivity index (χ0n) is 15.8. The predicted molar refractivity (Wildman–Crippen MR) is 101 cm³/mol. The number of carbonyl (C=O) groups is 1. The number of aliphatic imine (C=N–C) groups is 1. The standard InChI is InChI=1S/C19H29FN4O2/c1-14(26-17-6-4-16(20)5-7-17)13-23-19(22-3)24-10-8-15(9-11-24)12-18(25)21-2/h4-7,14-15H,8-13H2,1-3H3,(H,21,25)(H,22,23). The minimum atomic E-state index is -0.275. The van der Waals surface area contributed by atoms with Crippen LogP contribution in [-0.2, 0) is 4.79 Å². The number of hydrogen-bond donors (Lipinski definition) is 2. The van der Waals surface area contributed by atoms with Gasteiger partial charge in [0.1, 0.15) is 17.7 Å². The lowest BCUT2D eigenvalue weighted by Crippen LogP contribution is -2.48. The highest BCUT2D eigenvalue weighted by molar-refractivity contribution is 5.80. The molecule has 1 heterocycles. The van der Waals surface area contributed by atoms with Crippen LogP contribution in [0.4, 0.5) is 4.39 Å². The second kappa shape index (κ2) is 9.99. The number of benzene rings is 1. The van der Waals surface area contributed by atoms with Crippen molar-refractivity contribution >= 4 is 11.9 Å². The van der Waals surface area contributed by atoms with E-state index in [1.54, 1.807) is 26.2 Å². The molecule has 1 aliphatic heterocycles. The van der Waals surface area contributed by atoms with Crippen molar-refractivity contribution in [3.63, 3.8) is 0 Å². The minimum Gasteiger partial charge on any atom is -0.489 e. The summed E-state index contributed by atoms with van der Waals surface area (Å²) >= 11 is 0. The maximum absolute atomic E-state index is 12.9. The third-order valence-electron chi connectivity index (χ3n) is 4.58. The van der Waals surface area contributed by atoms with Crippen LogP contribution in [0.2, 0.25) is 0 Å². The van der Waals surface area contributed by atoms with Crippen LogP contribution in [0, 0.1) is 11.7 Å². The van der Waals surface area contributed by atoms with Gasteiger partial charge in [0.2, 0.25) is 5.91 Å². The lowest BCUT2D eigenvalue weighted by molar-refractivity contribution is -0.121. The number of piperidine rings is 1. The number of hydrogen-bond acceptors (Lipinski definition) is 3. The Morgan fingerprint density at radius 3 is 2.58 bits per heavy atom. The molecule has 1 aliphatic rings. The van der Waals surface area contributed by atoms with E-state index in [1.165, 1.54) is 12.1 Å². The molecule has 2 rings (SSSR count). The third kappa shape index (κ3) is 6.20. The van der Waals surface area contributed by atoms with Gasteiger partial charge in [-0.3, -0.25) is 9.79 Å². The van der Waals surface area contributed by atoms with Crippen molar-refractivity contribution in [3.05, 3.63) is 30.1 Å². The Morgan fingerprint density at radius 2 is 2.00 bits per heavy atom. The first-order valence-electron chi connectivity index (χ1n) is 9.10. The zero-order chi connectivity index (χ0) is 18.9. The summed E-state index contributed by atoms with van der Waals surface area (Å²) in [4.78, 5) is 18.1. The van der Waals surface area contributed by atoms with E-state index in [4.69, 9.17) is 4.74 Å². The number of rotatable bonds is 6. The fourth-order valence-electron chi connectivity index (χ4n) is 3.07. The number of amides is 1. The molecule has 0 aliphatic carbocycles. The average molecular weight is 364 g/mol. The molecule has 0 radical (unpaired) electrons. The summed E-state index contributed by atoms with van der Waals surface area (Å²) < 4.78 is 18.7. The highest BCUT2D eigenvalue weighted by Crippen LogP contribution is 2.20. The van der Waals surface area contributed by atoms with Gasteiger partial charge >= 0.3 is 0 Å². The van der Waals surface area contributed by atoms with Gasteiger partial charge in [-0.2, -0.15) is 0 Å². The van der Waals surface area contributed by atoms with Crippen LogP contribution >= 0.6 is 0 Å². The number of guanidine groups is 1. The van der Waals surface area contributed by atoms with Gasteiger partial charge in [0.15, 0.2) is 5.96 Å². The minimum absolute atomic E-state index is 0.0806. The average Bonchev–Trinajstić information content (AvgIpc) is 2.65. The first kappa shape index (κ1) is 20.0. The molecule has 2 N–H and O–H groups in total. The second-order valence-corrected chi connectivity index (χ2v) is 6.62. The Hall–Kier alpha value is -2.31. The number of halogens is 1. The van der Waals surface area contributed by atoms with Gasteiger partial charge in [-0.05, 0) is 49.9 Å². The molecule has 144 valence electrons. The fourth-order valence-corrected chi connectivity index (χ4v) is 3.07. The summed E-state index contributed by atoms with van der Waals surface area (Å²) in [5.74, 6) is 1.76. The van der Waals surface area contributed by atoms with Crippen molar-refractivity contribution in [3.8, 4) is 5.75 Å². The SMILES string of the molecule is CN=C(NCC(C)Oc1ccc(F)cc1)N1CCC(CC(=O)NC)CC1. The van der Waals surface area contributed by atoms with Crippen LogP contribution in [0.1, 0.15) is 26.2 Å². The summed E-state index contributed by atoms with van der Waals surface area (Å²) in [5.41, 5.74) is 0. The Kier molecular flexibility index (Phi) is 7.69. The monoisotopic (exact) mass is 364 g/mol. The summed E-state index contributed by atoms with van der Waals surface area (Å²) in [6, 6.07) is 6.02. The summed E-state index contributed by atoms with van der Waals surface area (Å²) in [6.07, 6.45) is 2.48. The van der Waals surface area contributed by atoms with E-state index in [1.807, 2.05) is 6.92 Å². The lowest BCUT2D eigenvalue weighted by Gasteiger charge is -2.34. The van der Waals surface area contributed by atoms with Crippen LogP contribution < -0.4 is 15.4 Å². The molecule has 26 heavy (non-hydrogen) atoms. The number of nitrogens with zero attached hydrogens (tertiary/aromatic N) is 2. The van der Waals surface area contributed by atoms with E-state index < -0.39 is 0 Å². The van der Waals surface area contributed by atoms with E-state index in [0.717, 1.165) is 31.9 Å². The molecule has 1 fully saturated rings. The number of nitrogens with one attached hydrogen (secondary N) is 2. The maximum atomic E-state index is 12.9. The summed E-state index contributed by atoms with van der Waals surface area (Å²) in [7, 11) is 3.45. The number of likely N-dealkylation sites (tertiary alicyclic amines) is 1. The second-order valence-electron chi connectivity index (χ2n) is 6.62. The molecule has 1 amide bonds. The Labute approximate surface area is 154 Å². The van der Waals surface area contributed by atoms with Crippen LogP contribution in [0.3, 0.4) is 0 Å². The van der Waals surface area contributed by atoms with Gasteiger partial charge in [0.25, 0.3) is 0 Å². The first-order valence-corrected chi connectivity index (χ1v) is 9.10. The quantitative estimate of drug-likeness (QED) is 0.599. The number of carbonyl (C=O) groups excluding carboxylic acids is 1. The van der Waals surface area contributed by atoms with Gasteiger partial charge in [-0.15, -0.1) is 0 Å². The van der Waals surface area contributed by atoms with Crippen molar-refractivity contribution in [1.29, 1.82) is 0 Å². The first-order chi connectivity index (χ1) is 12.5. The molecule has 1 aromatic carbocycles. The summed E-state index contributed by atoms with van der Waals surface area (Å²) in [6.45, 7) is 4.32. The molecule has 1 unspecified atom stereocenters. The lowest BCUT2D eigenvalue weighted by atomic mass is 9.93. The third-order valence-corrected chi connectivity index (χ3v) is 4.58. The molecule has 7 heteroatoms. The molecule has 1 aromatic rings. The molecule has 0 saturated carbocycles. The molecule has 6 nitrogen and oxygen atoms in total. The van der Waals surface area contributed by atoms with Gasteiger partial charge in [0.05, 0.1) is 6.54 Å². The maximum Gasteiger partial charge on any atom is 0.220 e. The van der Waals surface area contributed by atoms with Gasteiger partial charge < -0.3 is 20.3 Å². The zero-order valence-corrected chi connectivity index (χ0v) is 15.8. The summed E-state index contributed by atoms with van der Waals surface area (Å²) in [5, 5.41) is 6.02. The largest absolute Gasteiger partial charge is 0.489 e. The highest BCUT2D eigenvalue weighted by atomic mass is 19.1. The van der Waals surface area contributed by atoms with Crippen LogP contribution in [0.25, 0.3) is 0 Å². The topological polar surface area (TPSA) is 66.0 Å². The molecular weight excluding hydrogens is 335 g/mol. The van der Waals surface area contributed by atoms with Crippen LogP contribution in [0.15, 0.2) is 29.3 Å². The number of ether oxygens (including phenoxy) is 1. The van der Waals surface area contributed by atoms with E-state index in [2.05, 4.69) is 20.5 Å². The van der Waals surface area contributed by atoms with E-state index in [0.29, 0.717) is 24.6 Å². The molecular formula is C19H29FN4O2. The van der Waals surface area contributed by atoms with E-state index in [9.17, 15) is 9.18 Å². The molecule has 0 spiro atoms. The van der Waals surface area contributed by atoms with Crippen LogP contribution in [-0.4, -0.2) is 56.6 Å². The van der Waals surface area contributed by atoms with Gasteiger partial charge in [-0.25, -0.2) is 4.39 Å². The van der Waals surface area contributed by atoms with Crippen molar-refractivity contribution in [2.75, 3.05) is 33.7 Å².